The number of aromatic nitrogens is 2. The van der Waals surface area contributed by atoms with Gasteiger partial charge in [0.1, 0.15) is 5.75 Å². The highest BCUT2D eigenvalue weighted by Crippen LogP contribution is 2.38. The number of hydrogen-bond donors (Lipinski definition) is 0. The molecule has 1 saturated heterocycles. The Morgan fingerprint density at radius 3 is 2.96 bits per heavy atom. The lowest BCUT2D eigenvalue weighted by molar-refractivity contribution is 0.00248. The van der Waals surface area contributed by atoms with Crippen LogP contribution in [0.15, 0.2) is 22.7 Å². The van der Waals surface area contributed by atoms with Crippen LogP contribution in [0.4, 0.5) is 0 Å². The molecule has 2 fully saturated rings. The number of nitrogens with zero attached hydrogens (tertiary/aromatic N) is 3. The van der Waals surface area contributed by atoms with Crippen molar-refractivity contribution < 1.29 is 18.8 Å². The second kappa shape index (κ2) is 8.31. The molecule has 2 aliphatic rings. The number of rotatable bonds is 7. The van der Waals surface area contributed by atoms with Gasteiger partial charge in [0.2, 0.25) is 5.89 Å². The molecule has 1 atom stereocenters. The van der Waals surface area contributed by atoms with E-state index in [1.165, 1.54) is 0 Å². The number of hydrogen-bond acceptors (Lipinski definition) is 6. The van der Waals surface area contributed by atoms with E-state index in [0.717, 1.165) is 49.4 Å². The Morgan fingerprint density at radius 1 is 1.32 bits per heavy atom. The fraction of sp³-hybridized carbons (Fsp3) is 0.571. The quantitative estimate of drug-likeness (QED) is 0.729. The van der Waals surface area contributed by atoms with Gasteiger partial charge in [-0.3, -0.25) is 4.79 Å². The third kappa shape index (κ3) is 4.19. The van der Waals surface area contributed by atoms with Crippen LogP contribution in [0.1, 0.15) is 59.2 Å². The lowest BCUT2D eigenvalue weighted by Gasteiger charge is -2.33. The number of benzene rings is 1. The first-order valence-corrected chi connectivity index (χ1v) is 10.0. The molecule has 1 saturated carbocycles. The molecular formula is C21H27N3O4. The van der Waals surface area contributed by atoms with Gasteiger partial charge in [-0.25, -0.2) is 0 Å². The van der Waals surface area contributed by atoms with E-state index in [0.29, 0.717) is 36.9 Å². The number of carbonyl (C=O) groups is 1. The highest BCUT2D eigenvalue weighted by molar-refractivity contribution is 5.96. The average Bonchev–Trinajstić information content (AvgIpc) is 3.47. The minimum absolute atomic E-state index is 0.0388. The molecule has 4 rings (SSSR count). The molecular weight excluding hydrogens is 358 g/mol. The highest BCUT2D eigenvalue weighted by Gasteiger charge is 2.30. The number of amides is 1. The molecule has 2 heterocycles. The largest absolute Gasteiger partial charge is 0.496 e. The molecule has 0 N–H and O–H groups in total. The van der Waals surface area contributed by atoms with Gasteiger partial charge in [-0.2, -0.15) is 4.98 Å². The van der Waals surface area contributed by atoms with E-state index in [9.17, 15) is 4.79 Å². The summed E-state index contributed by atoms with van der Waals surface area (Å²) in [5.74, 6) is 2.72. The van der Waals surface area contributed by atoms with Crippen molar-refractivity contribution in [1.82, 2.24) is 15.0 Å². The molecule has 0 bridgehead atoms. The minimum Gasteiger partial charge on any atom is -0.496 e. The monoisotopic (exact) mass is 385 g/mol. The van der Waals surface area contributed by atoms with Gasteiger partial charge in [0.05, 0.1) is 19.8 Å². The maximum absolute atomic E-state index is 13.0. The lowest BCUT2D eigenvalue weighted by atomic mass is 10.0. The number of methoxy groups -OCH3 is 1. The van der Waals surface area contributed by atoms with Gasteiger partial charge in [0.25, 0.3) is 5.91 Å². The molecule has 28 heavy (non-hydrogen) atoms. The van der Waals surface area contributed by atoms with Crippen molar-refractivity contribution in [3.05, 3.63) is 41.0 Å². The maximum atomic E-state index is 13.0. The number of ether oxygens (including phenoxy) is 2. The summed E-state index contributed by atoms with van der Waals surface area (Å²) in [6.45, 7) is 3.82. The van der Waals surface area contributed by atoms with Crippen LogP contribution in [0, 0.1) is 6.92 Å². The lowest BCUT2D eigenvalue weighted by Crippen LogP contribution is -2.43. The first-order chi connectivity index (χ1) is 13.7. The van der Waals surface area contributed by atoms with Crippen LogP contribution in [0.3, 0.4) is 0 Å². The molecule has 7 heteroatoms. The Hall–Kier alpha value is -2.41. The average molecular weight is 385 g/mol. The van der Waals surface area contributed by atoms with E-state index >= 15 is 0 Å². The van der Waals surface area contributed by atoms with Crippen LogP contribution in [-0.2, 0) is 11.2 Å². The molecule has 150 valence electrons. The van der Waals surface area contributed by atoms with E-state index in [1.54, 1.807) is 7.11 Å². The Balaban J connectivity index is 1.30. The second-order valence-electron chi connectivity index (χ2n) is 7.59. The van der Waals surface area contributed by atoms with Gasteiger partial charge >= 0.3 is 0 Å². The van der Waals surface area contributed by atoms with E-state index in [1.807, 2.05) is 30.0 Å². The predicted molar refractivity (Wildman–Crippen MR) is 103 cm³/mol. The summed E-state index contributed by atoms with van der Waals surface area (Å²) >= 11 is 0. The molecule has 1 unspecified atom stereocenters. The van der Waals surface area contributed by atoms with E-state index in [2.05, 4.69) is 10.1 Å². The minimum atomic E-state index is 0.0388. The van der Waals surface area contributed by atoms with E-state index in [4.69, 9.17) is 14.0 Å². The summed E-state index contributed by atoms with van der Waals surface area (Å²) in [4.78, 5) is 19.3. The molecule has 1 amide bonds. The fourth-order valence-corrected chi connectivity index (χ4v) is 3.68. The smallest absolute Gasteiger partial charge is 0.254 e. The predicted octanol–water partition coefficient (Wildman–Crippen LogP) is 3.13. The van der Waals surface area contributed by atoms with Crippen molar-refractivity contribution in [2.45, 2.75) is 51.0 Å². The zero-order valence-electron chi connectivity index (χ0n) is 16.5. The van der Waals surface area contributed by atoms with Gasteiger partial charge in [0, 0.05) is 36.6 Å². The van der Waals surface area contributed by atoms with Gasteiger partial charge < -0.3 is 18.9 Å². The second-order valence-corrected chi connectivity index (χ2v) is 7.59. The first-order valence-electron chi connectivity index (χ1n) is 10.0. The fourth-order valence-electron chi connectivity index (χ4n) is 3.68. The van der Waals surface area contributed by atoms with Crippen molar-refractivity contribution in [2.24, 2.45) is 0 Å². The van der Waals surface area contributed by atoms with Crippen LogP contribution in [0.5, 0.6) is 5.75 Å². The zero-order valence-corrected chi connectivity index (χ0v) is 16.5. The zero-order chi connectivity index (χ0) is 19.5. The van der Waals surface area contributed by atoms with Gasteiger partial charge in [-0.05, 0) is 44.7 Å². The van der Waals surface area contributed by atoms with Crippen molar-refractivity contribution in [3.8, 4) is 5.75 Å². The van der Waals surface area contributed by atoms with Crippen molar-refractivity contribution in [1.29, 1.82) is 0 Å². The van der Waals surface area contributed by atoms with Crippen LogP contribution < -0.4 is 4.74 Å². The standard InChI is InChI=1S/C21H27N3O4/c1-14-17(6-3-7-18(14)26-2)21(25)24-11-4-5-16(13-24)27-12-10-19-22-20(28-23-19)15-8-9-15/h3,6-7,15-16H,4-5,8-13H2,1-2H3. The summed E-state index contributed by atoms with van der Waals surface area (Å²) in [7, 11) is 1.62. The normalized spacial score (nSPS) is 19.6. The maximum Gasteiger partial charge on any atom is 0.254 e. The molecule has 1 aliphatic carbocycles. The molecule has 1 aromatic heterocycles. The Morgan fingerprint density at radius 2 is 2.18 bits per heavy atom. The Kier molecular flexibility index (Phi) is 5.62. The van der Waals surface area contributed by atoms with Crippen molar-refractivity contribution in [2.75, 3.05) is 26.8 Å². The van der Waals surface area contributed by atoms with E-state index < -0.39 is 0 Å². The molecule has 7 nitrogen and oxygen atoms in total. The number of piperidine rings is 1. The van der Waals surface area contributed by atoms with Crippen molar-refractivity contribution in [3.63, 3.8) is 0 Å². The van der Waals surface area contributed by atoms with Crippen molar-refractivity contribution >= 4 is 5.91 Å². The van der Waals surface area contributed by atoms with E-state index in [-0.39, 0.29) is 12.0 Å². The van der Waals surface area contributed by atoms with Crippen LogP contribution in [-0.4, -0.2) is 53.9 Å². The number of carbonyl (C=O) groups excluding carboxylic acids is 1. The molecule has 0 spiro atoms. The third-order valence-electron chi connectivity index (χ3n) is 5.49. The summed E-state index contributed by atoms with van der Waals surface area (Å²) in [5.41, 5.74) is 1.57. The summed E-state index contributed by atoms with van der Waals surface area (Å²) in [6, 6.07) is 5.59. The van der Waals surface area contributed by atoms with Gasteiger partial charge in [-0.15, -0.1) is 0 Å². The topological polar surface area (TPSA) is 77.7 Å². The van der Waals surface area contributed by atoms with Crippen LogP contribution >= 0.6 is 0 Å². The molecule has 0 radical (unpaired) electrons. The van der Waals surface area contributed by atoms with Gasteiger partial charge in [0.15, 0.2) is 5.82 Å². The number of likely N-dealkylation sites (tertiary alicyclic amines) is 1. The molecule has 2 aromatic rings. The summed E-state index contributed by atoms with van der Waals surface area (Å²) in [6.07, 6.45) is 4.87. The first kappa shape index (κ1) is 18.9. The van der Waals surface area contributed by atoms with Crippen LogP contribution in [0.2, 0.25) is 0 Å². The Bertz CT molecular complexity index is 831. The van der Waals surface area contributed by atoms with Crippen LogP contribution in [0.25, 0.3) is 0 Å². The summed E-state index contributed by atoms with van der Waals surface area (Å²) in [5, 5.41) is 4.03. The molecule has 1 aromatic carbocycles. The molecule has 1 aliphatic heterocycles. The third-order valence-corrected chi connectivity index (χ3v) is 5.49. The SMILES string of the molecule is COc1cccc(C(=O)N2CCCC(OCCc3noc(C4CC4)n3)C2)c1C. The summed E-state index contributed by atoms with van der Waals surface area (Å²) < 4.78 is 16.6. The Labute approximate surface area is 165 Å². The van der Waals surface area contributed by atoms with Gasteiger partial charge in [-0.1, -0.05) is 11.2 Å². The highest BCUT2D eigenvalue weighted by atomic mass is 16.5.